The fraction of sp³-hybridized carbons (Fsp3) is 0.650. The summed E-state index contributed by atoms with van der Waals surface area (Å²) in [4.78, 5) is 22.8. The van der Waals surface area contributed by atoms with Gasteiger partial charge in [0.1, 0.15) is 17.5 Å². The van der Waals surface area contributed by atoms with Crippen molar-refractivity contribution in [1.29, 1.82) is 0 Å². The highest BCUT2D eigenvalue weighted by Gasteiger charge is 2.17. The molecule has 1 aromatic rings. The highest BCUT2D eigenvalue weighted by atomic mass is 16.5. The lowest BCUT2D eigenvalue weighted by Crippen LogP contribution is -2.23. The molecule has 25 heavy (non-hydrogen) atoms. The van der Waals surface area contributed by atoms with Gasteiger partial charge in [0.05, 0.1) is 7.11 Å². The SMILES string of the molecule is COc1cc(CC(O)C(=O)CCC(C)CCCC(C)C)ccc1N=O. The first-order valence-corrected chi connectivity index (χ1v) is 9.08. The van der Waals surface area contributed by atoms with E-state index in [4.69, 9.17) is 4.74 Å². The van der Waals surface area contributed by atoms with Crippen LogP contribution in [0.25, 0.3) is 0 Å². The number of ketones is 1. The maximum absolute atomic E-state index is 12.2. The second kappa shape index (κ2) is 11.0. The number of rotatable bonds is 12. The zero-order chi connectivity index (χ0) is 18.8. The Kier molecular flexibility index (Phi) is 9.35. The summed E-state index contributed by atoms with van der Waals surface area (Å²) >= 11 is 0. The highest BCUT2D eigenvalue weighted by Crippen LogP contribution is 2.28. The van der Waals surface area contributed by atoms with E-state index in [1.54, 1.807) is 12.1 Å². The van der Waals surface area contributed by atoms with Gasteiger partial charge in [0.15, 0.2) is 5.78 Å². The van der Waals surface area contributed by atoms with Gasteiger partial charge in [-0.05, 0) is 41.1 Å². The summed E-state index contributed by atoms with van der Waals surface area (Å²) in [6, 6.07) is 4.86. The largest absolute Gasteiger partial charge is 0.494 e. The predicted octanol–water partition coefficient (Wildman–Crippen LogP) is 4.81. The van der Waals surface area contributed by atoms with E-state index in [-0.39, 0.29) is 17.9 Å². The maximum Gasteiger partial charge on any atom is 0.161 e. The van der Waals surface area contributed by atoms with Crippen LogP contribution < -0.4 is 4.74 Å². The third-order valence-corrected chi connectivity index (χ3v) is 4.51. The van der Waals surface area contributed by atoms with Gasteiger partial charge in [-0.3, -0.25) is 4.79 Å². The fourth-order valence-electron chi connectivity index (χ4n) is 2.84. The maximum atomic E-state index is 12.2. The molecule has 140 valence electrons. The van der Waals surface area contributed by atoms with Crippen LogP contribution in [-0.2, 0) is 11.2 Å². The van der Waals surface area contributed by atoms with Crippen molar-refractivity contribution in [2.45, 2.75) is 65.4 Å². The monoisotopic (exact) mass is 349 g/mol. The van der Waals surface area contributed by atoms with Gasteiger partial charge in [0.2, 0.25) is 0 Å². The van der Waals surface area contributed by atoms with Crippen molar-refractivity contribution in [3.05, 3.63) is 28.7 Å². The molecule has 0 bridgehead atoms. The zero-order valence-corrected chi connectivity index (χ0v) is 15.8. The van der Waals surface area contributed by atoms with Gasteiger partial charge in [-0.1, -0.05) is 46.1 Å². The van der Waals surface area contributed by atoms with Crippen molar-refractivity contribution >= 4 is 11.5 Å². The molecule has 0 aliphatic carbocycles. The Morgan fingerprint density at radius 3 is 2.52 bits per heavy atom. The van der Waals surface area contributed by atoms with E-state index in [0.29, 0.717) is 24.0 Å². The van der Waals surface area contributed by atoms with Crippen LogP contribution in [0.15, 0.2) is 23.4 Å². The summed E-state index contributed by atoms with van der Waals surface area (Å²) in [5.41, 5.74) is 0.956. The molecule has 0 heterocycles. The van der Waals surface area contributed by atoms with Crippen LogP contribution in [0.4, 0.5) is 5.69 Å². The average molecular weight is 349 g/mol. The number of nitroso groups, excluding NO2 is 1. The van der Waals surface area contributed by atoms with Gasteiger partial charge in [-0.2, -0.15) is 0 Å². The van der Waals surface area contributed by atoms with Crippen molar-refractivity contribution in [2.24, 2.45) is 17.0 Å². The Morgan fingerprint density at radius 2 is 1.92 bits per heavy atom. The Bertz CT molecular complexity index is 557. The van der Waals surface area contributed by atoms with E-state index in [1.165, 1.54) is 26.0 Å². The summed E-state index contributed by atoms with van der Waals surface area (Å²) < 4.78 is 5.09. The van der Waals surface area contributed by atoms with Crippen LogP contribution >= 0.6 is 0 Å². The molecule has 1 N–H and O–H groups in total. The predicted molar refractivity (Wildman–Crippen MR) is 100 cm³/mol. The molecule has 1 rings (SSSR count). The minimum atomic E-state index is -1.03. The van der Waals surface area contributed by atoms with Gasteiger partial charge < -0.3 is 9.84 Å². The molecule has 0 spiro atoms. The topological polar surface area (TPSA) is 76.0 Å². The van der Waals surface area contributed by atoms with Crippen LogP contribution in [0.2, 0.25) is 0 Å². The molecule has 0 amide bonds. The molecule has 0 fully saturated rings. The minimum absolute atomic E-state index is 0.132. The van der Waals surface area contributed by atoms with Crippen LogP contribution in [-0.4, -0.2) is 24.1 Å². The summed E-state index contributed by atoms with van der Waals surface area (Å²) in [5.74, 6) is 1.43. The second-order valence-corrected chi connectivity index (χ2v) is 7.25. The number of aliphatic hydroxyl groups is 1. The number of nitrogens with zero attached hydrogens (tertiary/aromatic N) is 1. The molecule has 0 saturated heterocycles. The average Bonchev–Trinajstić information content (AvgIpc) is 2.59. The molecule has 5 nitrogen and oxygen atoms in total. The van der Waals surface area contributed by atoms with E-state index in [1.807, 2.05) is 0 Å². The standard InChI is InChI=1S/C20H31NO4/c1-14(2)6-5-7-15(3)8-11-18(22)19(23)12-16-9-10-17(21-24)20(13-16)25-4/h9-10,13-15,19,23H,5-8,11-12H2,1-4H3. The van der Waals surface area contributed by atoms with Gasteiger partial charge in [-0.25, -0.2) is 0 Å². The van der Waals surface area contributed by atoms with Gasteiger partial charge in [0.25, 0.3) is 0 Å². The van der Waals surface area contributed by atoms with E-state index in [9.17, 15) is 14.8 Å². The number of carbonyl (C=O) groups excluding carboxylic acids is 1. The number of benzene rings is 1. The quantitative estimate of drug-likeness (QED) is 0.550. The molecule has 0 aliphatic rings. The first kappa shape index (κ1) is 21.3. The Labute approximate surface area is 150 Å². The highest BCUT2D eigenvalue weighted by molar-refractivity contribution is 5.83. The molecule has 5 heteroatoms. The van der Waals surface area contributed by atoms with E-state index in [0.717, 1.165) is 18.4 Å². The third kappa shape index (κ3) is 7.78. The van der Waals surface area contributed by atoms with Crippen LogP contribution in [0.5, 0.6) is 5.75 Å². The Hall–Kier alpha value is -1.75. The summed E-state index contributed by atoms with van der Waals surface area (Å²) in [5, 5.41) is 13.0. The van der Waals surface area contributed by atoms with Gasteiger partial charge in [0, 0.05) is 12.8 Å². The van der Waals surface area contributed by atoms with Crippen molar-refractivity contribution in [3.63, 3.8) is 0 Å². The number of Topliss-reactive ketones (excluding diaryl/α,β-unsaturated/α-hetero) is 1. The zero-order valence-electron chi connectivity index (χ0n) is 15.8. The molecule has 0 saturated carbocycles. The van der Waals surface area contributed by atoms with E-state index >= 15 is 0 Å². The molecular formula is C20H31NO4. The van der Waals surface area contributed by atoms with E-state index in [2.05, 4.69) is 25.9 Å². The smallest absolute Gasteiger partial charge is 0.161 e. The second-order valence-electron chi connectivity index (χ2n) is 7.25. The van der Waals surface area contributed by atoms with Crippen molar-refractivity contribution in [1.82, 2.24) is 0 Å². The first-order valence-electron chi connectivity index (χ1n) is 9.08. The fourth-order valence-corrected chi connectivity index (χ4v) is 2.84. The molecule has 2 atom stereocenters. The van der Waals surface area contributed by atoms with Crippen LogP contribution in [0.1, 0.15) is 58.4 Å². The lowest BCUT2D eigenvalue weighted by molar-refractivity contribution is -0.127. The molecule has 2 unspecified atom stereocenters. The minimum Gasteiger partial charge on any atom is -0.494 e. The van der Waals surface area contributed by atoms with Crippen molar-refractivity contribution in [2.75, 3.05) is 7.11 Å². The number of methoxy groups -OCH3 is 1. The summed E-state index contributed by atoms with van der Waals surface area (Å²) in [7, 11) is 1.45. The Balaban J connectivity index is 2.45. The lowest BCUT2D eigenvalue weighted by Gasteiger charge is -2.14. The van der Waals surface area contributed by atoms with Gasteiger partial charge in [-0.15, -0.1) is 4.91 Å². The number of carbonyl (C=O) groups is 1. The molecule has 0 aliphatic heterocycles. The molecule has 1 aromatic carbocycles. The summed E-state index contributed by atoms with van der Waals surface area (Å²) in [6.45, 7) is 6.60. The molecule has 0 radical (unpaired) electrons. The van der Waals surface area contributed by atoms with Crippen molar-refractivity contribution in [3.8, 4) is 5.75 Å². The normalized spacial score (nSPS) is 13.5. The number of hydrogen-bond acceptors (Lipinski definition) is 5. The first-order chi connectivity index (χ1) is 11.9. The van der Waals surface area contributed by atoms with Crippen LogP contribution in [0.3, 0.4) is 0 Å². The summed E-state index contributed by atoms with van der Waals surface area (Å²) in [6.07, 6.45) is 3.93. The van der Waals surface area contributed by atoms with Crippen LogP contribution in [0, 0.1) is 16.7 Å². The molecule has 0 aromatic heterocycles. The van der Waals surface area contributed by atoms with Gasteiger partial charge >= 0.3 is 0 Å². The third-order valence-electron chi connectivity index (χ3n) is 4.51. The Morgan fingerprint density at radius 1 is 1.20 bits per heavy atom. The lowest BCUT2D eigenvalue weighted by atomic mass is 9.93. The number of aliphatic hydroxyl groups excluding tert-OH is 1. The number of ether oxygens (including phenoxy) is 1. The van der Waals surface area contributed by atoms with Crippen molar-refractivity contribution < 1.29 is 14.6 Å². The number of hydrogen-bond donors (Lipinski definition) is 1. The van der Waals surface area contributed by atoms with E-state index < -0.39 is 6.10 Å². The molecular weight excluding hydrogens is 318 g/mol.